The summed E-state index contributed by atoms with van der Waals surface area (Å²) in [7, 11) is -0.361. The average Bonchev–Trinajstić information content (AvgIpc) is 3.03. The molecule has 0 fully saturated rings. The molecule has 0 aliphatic heterocycles. The van der Waals surface area contributed by atoms with Crippen LogP contribution in [0.5, 0.6) is 0 Å². The minimum atomic E-state index is -4.55. The lowest BCUT2D eigenvalue weighted by molar-refractivity contribution is 0.0587. The molecule has 0 heterocycles. The lowest BCUT2D eigenvalue weighted by Gasteiger charge is -2.18. The number of hydrogen-bond donors (Lipinski definition) is 1. The first-order valence-electron chi connectivity index (χ1n) is 12.4. The van der Waals surface area contributed by atoms with Gasteiger partial charge in [0.1, 0.15) is 0 Å². The van der Waals surface area contributed by atoms with Crippen LogP contribution in [0, 0.1) is 0 Å². The third-order valence-electron chi connectivity index (χ3n) is 5.93. The predicted molar refractivity (Wildman–Crippen MR) is 159 cm³/mol. The fourth-order valence-corrected chi connectivity index (χ4v) is 5.82. The lowest BCUT2D eigenvalue weighted by atomic mass is 10.0. The average molecular weight is 609 g/mol. The first-order valence-corrected chi connectivity index (χ1v) is 14.9. The van der Waals surface area contributed by atoms with Gasteiger partial charge < -0.3 is 14.2 Å². The summed E-state index contributed by atoms with van der Waals surface area (Å²) < 4.78 is 44.5. The maximum atomic E-state index is 11.6. The Morgan fingerprint density at radius 3 is 1.40 bits per heavy atom. The minimum absolute atomic E-state index is 0.187. The zero-order chi connectivity index (χ0) is 30.7. The molecule has 0 saturated heterocycles. The molecule has 0 aliphatic carbocycles. The van der Waals surface area contributed by atoms with Gasteiger partial charge in [-0.1, -0.05) is 81.4 Å². The van der Waals surface area contributed by atoms with Crippen molar-refractivity contribution in [1.82, 2.24) is 0 Å². The molecule has 0 spiro atoms. The molecule has 11 heteroatoms. The van der Waals surface area contributed by atoms with Crippen molar-refractivity contribution in [2.24, 2.45) is 0 Å². The largest absolute Gasteiger partial charge is 0.465 e. The number of ether oxygens (including phenoxy) is 3. The number of rotatable bonds is 8. The summed E-state index contributed by atoms with van der Waals surface area (Å²) in [4.78, 5) is 33.6. The van der Waals surface area contributed by atoms with Gasteiger partial charge in [-0.3, -0.25) is 4.55 Å². The van der Waals surface area contributed by atoms with Crippen LogP contribution in [0.2, 0.25) is 0 Å². The lowest BCUT2D eigenvalue weighted by Crippen LogP contribution is -2.09. The molecule has 218 valence electrons. The molecule has 1 atom stereocenters. The van der Waals surface area contributed by atoms with E-state index in [4.69, 9.17) is 9.29 Å². The van der Waals surface area contributed by atoms with Gasteiger partial charge in [0.15, 0.2) is 0 Å². The quantitative estimate of drug-likeness (QED) is 0.126. The molecule has 0 aromatic heterocycles. The second-order valence-electron chi connectivity index (χ2n) is 8.67. The molecule has 0 bridgehead atoms. The van der Waals surface area contributed by atoms with Crippen LogP contribution in [0.25, 0.3) is 0 Å². The minimum Gasteiger partial charge on any atom is -0.465 e. The number of hydrogen-bond acceptors (Lipinski definition) is 8. The van der Waals surface area contributed by atoms with Crippen molar-refractivity contribution in [1.29, 1.82) is 0 Å². The highest BCUT2D eigenvalue weighted by Gasteiger charge is 2.19. The maximum Gasteiger partial charge on any atom is 0.337 e. The van der Waals surface area contributed by atoms with Crippen LogP contribution in [0.15, 0.2) is 108 Å². The first-order chi connectivity index (χ1) is 20.1. The predicted octanol–water partition coefficient (Wildman–Crippen LogP) is 5.07. The highest BCUT2D eigenvalue weighted by molar-refractivity contribution is 7.85. The molecule has 42 heavy (non-hydrogen) atoms. The molecule has 4 aromatic carbocycles. The summed E-state index contributed by atoms with van der Waals surface area (Å²) in [5.41, 5.74) is 3.14. The summed E-state index contributed by atoms with van der Waals surface area (Å²) in [6, 6.07) is 31.7. The fraction of sp³-hybridized carbons (Fsp3) is 0.129. The van der Waals surface area contributed by atoms with Crippen molar-refractivity contribution in [3.8, 4) is 0 Å². The van der Waals surface area contributed by atoms with Gasteiger partial charge >= 0.3 is 17.9 Å². The highest BCUT2D eigenvalue weighted by atomic mass is 32.2. The third kappa shape index (κ3) is 8.81. The van der Waals surface area contributed by atoms with Gasteiger partial charge in [-0.25, -0.2) is 14.4 Å². The van der Waals surface area contributed by atoms with E-state index in [0.717, 1.165) is 32.4 Å². The normalized spacial score (nSPS) is 11.0. The second-order valence-corrected chi connectivity index (χ2v) is 11.5. The zero-order valence-corrected chi connectivity index (χ0v) is 24.8. The summed E-state index contributed by atoms with van der Waals surface area (Å²) in [6.07, 6.45) is 0. The monoisotopic (exact) mass is 608 g/mol. The number of esters is 3. The fourth-order valence-electron chi connectivity index (χ4n) is 3.86. The molecule has 1 unspecified atom stereocenters. The summed E-state index contributed by atoms with van der Waals surface area (Å²) >= 11 is 0. The Morgan fingerprint density at radius 1 is 0.619 bits per heavy atom. The van der Waals surface area contributed by atoms with Crippen LogP contribution in [-0.4, -0.2) is 52.2 Å². The van der Waals surface area contributed by atoms with Crippen LogP contribution in [0.3, 0.4) is 0 Å². The maximum absolute atomic E-state index is 11.6. The Morgan fingerprint density at radius 2 is 1.02 bits per heavy atom. The summed E-state index contributed by atoms with van der Waals surface area (Å²) in [6.45, 7) is 0. The Hall–Kier alpha value is -4.37. The smallest absolute Gasteiger partial charge is 0.337 e. The van der Waals surface area contributed by atoms with Gasteiger partial charge in [0.05, 0.1) is 42.9 Å². The molecule has 0 amide bonds. The van der Waals surface area contributed by atoms with E-state index in [0.29, 0.717) is 19.8 Å². The van der Waals surface area contributed by atoms with Crippen molar-refractivity contribution in [3.05, 3.63) is 131 Å². The number of carbonyl (C=O) groups excluding carboxylic acids is 3. The van der Waals surface area contributed by atoms with E-state index in [1.165, 1.54) is 23.5 Å². The van der Waals surface area contributed by atoms with E-state index < -0.39 is 27.0 Å². The SMILES string of the molecule is COC(=O)c1cc(C(=O)OC)cc(S(=O)(=O)O)c1.COC(=O)c1ccc(PC(c2ccccc2)c2ccccc2)cc1. The van der Waals surface area contributed by atoms with E-state index in [1.54, 1.807) is 0 Å². The van der Waals surface area contributed by atoms with E-state index in [1.807, 2.05) is 36.4 Å². The molecule has 0 aliphatic rings. The Balaban J connectivity index is 0.000000241. The van der Waals surface area contributed by atoms with Crippen molar-refractivity contribution in [3.63, 3.8) is 0 Å². The van der Waals surface area contributed by atoms with Crippen LogP contribution >= 0.6 is 8.58 Å². The van der Waals surface area contributed by atoms with Gasteiger partial charge in [0.25, 0.3) is 10.1 Å². The number of benzene rings is 4. The highest BCUT2D eigenvalue weighted by Crippen LogP contribution is 2.39. The Labute approximate surface area is 246 Å². The van der Waals surface area contributed by atoms with E-state index in [2.05, 4.69) is 58.0 Å². The molecule has 4 aromatic rings. The molecule has 1 N–H and O–H groups in total. The molecular formula is C31H29O9PS. The molecule has 0 radical (unpaired) electrons. The van der Waals surface area contributed by atoms with Gasteiger partial charge in [-0.2, -0.15) is 8.42 Å². The van der Waals surface area contributed by atoms with Crippen molar-refractivity contribution in [2.45, 2.75) is 10.6 Å². The van der Waals surface area contributed by atoms with E-state index >= 15 is 0 Å². The van der Waals surface area contributed by atoms with Crippen LogP contribution in [0.4, 0.5) is 0 Å². The van der Waals surface area contributed by atoms with Crippen LogP contribution < -0.4 is 5.30 Å². The summed E-state index contributed by atoms with van der Waals surface area (Å²) in [5.74, 6) is -1.98. The Bertz CT molecular complexity index is 1550. The van der Waals surface area contributed by atoms with Gasteiger partial charge in [-0.05, 0) is 46.8 Å². The molecule has 0 saturated carbocycles. The van der Waals surface area contributed by atoms with Gasteiger partial charge in [-0.15, -0.1) is 0 Å². The first kappa shape index (κ1) is 32.1. The van der Waals surface area contributed by atoms with E-state index in [-0.39, 0.29) is 17.1 Å². The van der Waals surface area contributed by atoms with Crippen molar-refractivity contribution in [2.75, 3.05) is 21.3 Å². The van der Waals surface area contributed by atoms with Crippen LogP contribution in [0.1, 0.15) is 47.9 Å². The number of methoxy groups -OCH3 is 3. The molecule has 9 nitrogen and oxygen atoms in total. The van der Waals surface area contributed by atoms with Gasteiger partial charge in [0, 0.05) is 5.66 Å². The topological polar surface area (TPSA) is 133 Å². The Kier molecular flexibility index (Phi) is 11.5. The summed E-state index contributed by atoms with van der Waals surface area (Å²) in [5, 5.41) is 1.22. The number of carbonyl (C=O) groups is 3. The van der Waals surface area contributed by atoms with Crippen LogP contribution in [-0.2, 0) is 24.3 Å². The van der Waals surface area contributed by atoms with Gasteiger partial charge in [0.2, 0.25) is 0 Å². The molecule has 4 rings (SSSR count). The standard InChI is InChI=1S/C21H19O2P.C10H10O7S/c1-23-21(22)18-12-14-19(15-13-18)24-20(16-8-4-2-5-9-16)17-10-6-3-7-11-17;1-16-9(11)6-3-7(10(12)17-2)5-8(4-6)18(13,14)15/h2-15,20,24H,1H3;3-5H,1-2H3,(H,13,14,15). The molecular weight excluding hydrogens is 579 g/mol. The van der Waals surface area contributed by atoms with E-state index in [9.17, 15) is 22.8 Å². The second kappa shape index (κ2) is 15.0. The van der Waals surface area contributed by atoms with Crippen molar-refractivity contribution >= 4 is 41.9 Å². The van der Waals surface area contributed by atoms with Crippen molar-refractivity contribution < 1.29 is 41.6 Å². The zero-order valence-electron chi connectivity index (χ0n) is 23.0. The third-order valence-corrected chi connectivity index (χ3v) is 8.38.